The van der Waals surface area contributed by atoms with Crippen molar-refractivity contribution < 1.29 is 9.53 Å². The lowest BCUT2D eigenvalue weighted by Crippen LogP contribution is -2.42. The van der Waals surface area contributed by atoms with Crippen molar-refractivity contribution in [2.24, 2.45) is 5.92 Å². The summed E-state index contributed by atoms with van der Waals surface area (Å²) >= 11 is 0. The van der Waals surface area contributed by atoms with Crippen LogP contribution in [0.2, 0.25) is 0 Å². The largest absolute Gasteiger partial charge is 0.385 e. The fourth-order valence-electron chi connectivity index (χ4n) is 2.51. The highest BCUT2D eigenvalue weighted by Gasteiger charge is 2.18. The highest BCUT2D eigenvalue weighted by atomic mass is 16.5. The van der Waals surface area contributed by atoms with Gasteiger partial charge in [-0.25, -0.2) is 0 Å². The zero-order valence-electron chi connectivity index (χ0n) is 13.2. The van der Waals surface area contributed by atoms with Crippen LogP contribution in [0.15, 0.2) is 18.2 Å². The van der Waals surface area contributed by atoms with Gasteiger partial charge >= 0.3 is 0 Å². The molecule has 1 amide bonds. The van der Waals surface area contributed by atoms with E-state index in [-0.39, 0.29) is 11.9 Å². The third-order valence-corrected chi connectivity index (χ3v) is 3.93. The van der Waals surface area contributed by atoms with Gasteiger partial charge in [0.2, 0.25) is 0 Å². The van der Waals surface area contributed by atoms with E-state index in [1.807, 2.05) is 25.1 Å². The van der Waals surface area contributed by atoms with Gasteiger partial charge in [-0.15, -0.1) is 0 Å². The zero-order valence-corrected chi connectivity index (χ0v) is 13.2. The Morgan fingerprint density at radius 1 is 1.43 bits per heavy atom. The minimum absolute atomic E-state index is 0.0122. The van der Waals surface area contributed by atoms with Crippen LogP contribution in [0, 0.1) is 5.92 Å². The number of fused-ring (bicyclic) bond motifs is 1. The molecule has 1 aliphatic heterocycles. The molecule has 0 aromatic heterocycles. The predicted molar refractivity (Wildman–Crippen MR) is 85.8 cm³/mol. The lowest BCUT2D eigenvalue weighted by Gasteiger charge is -2.23. The molecule has 0 aliphatic carbocycles. The SMILES string of the molecule is CCOCC(NC(=O)c1ccc2c(c1)CCCN2)C(C)C. The van der Waals surface area contributed by atoms with E-state index in [0.717, 1.165) is 30.6 Å². The molecule has 21 heavy (non-hydrogen) atoms. The lowest BCUT2D eigenvalue weighted by atomic mass is 9.99. The maximum absolute atomic E-state index is 12.4. The lowest BCUT2D eigenvalue weighted by molar-refractivity contribution is 0.0806. The molecule has 1 aliphatic rings. The van der Waals surface area contributed by atoms with Gasteiger partial charge in [0.25, 0.3) is 5.91 Å². The van der Waals surface area contributed by atoms with E-state index in [0.29, 0.717) is 19.1 Å². The van der Waals surface area contributed by atoms with E-state index in [9.17, 15) is 4.79 Å². The number of nitrogens with one attached hydrogen (secondary N) is 2. The topological polar surface area (TPSA) is 50.4 Å². The number of ether oxygens (including phenoxy) is 1. The predicted octanol–water partition coefficient (Wildman–Crippen LogP) is 2.84. The molecular formula is C17H26N2O2. The van der Waals surface area contributed by atoms with Crippen LogP contribution >= 0.6 is 0 Å². The summed E-state index contributed by atoms with van der Waals surface area (Å²) in [6.07, 6.45) is 2.16. The Labute approximate surface area is 127 Å². The van der Waals surface area contributed by atoms with Gasteiger partial charge in [-0.3, -0.25) is 4.79 Å². The summed E-state index contributed by atoms with van der Waals surface area (Å²) in [7, 11) is 0. The molecule has 1 unspecified atom stereocenters. The van der Waals surface area contributed by atoms with Crippen molar-refractivity contribution in [2.75, 3.05) is 25.1 Å². The van der Waals surface area contributed by atoms with E-state index in [1.54, 1.807) is 0 Å². The molecule has 2 rings (SSSR count). The molecule has 4 heteroatoms. The van der Waals surface area contributed by atoms with E-state index in [2.05, 4.69) is 24.5 Å². The second-order valence-electron chi connectivity index (χ2n) is 5.89. The van der Waals surface area contributed by atoms with Crippen molar-refractivity contribution >= 4 is 11.6 Å². The Kier molecular flexibility index (Phi) is 5.62. The van der Waals surface area contributed by atoms with Crippen LogP contribution in [0.5, 0.6) is 0 Å². The Morgan fingerprint density at radius 3 is 2.95 bits per heavy atom. The first-order valence-corrected chi connectivity index (χ1v) is 7.87. The van der Waals surface area contributed by atoms with Gasteiger partial charge in [-0.05, 0) is 49.4 Å². The zero-order chi connectivity index (χ0) is 15.2. The second kappa shape index (κ2) is 7.46. The average molecular weight is 290 g/mol. The molecule has 0 bridgehead atoms. The fraction of sp³-hybridized carbons (Fsp3) is 0.588. The molecule has 1 heterocycles. The normalized spacial score (nSPS) is 15.2. The van der Waals surface area contributed by atoms with Gasteiger partial charge in [0.15, 0.2) is 0 Å². The van der Waals surface area contributed by atoms with Crippen LogP contribution in [0.1, 0.15) is 43.1 Å². The Balaban J connectivity index is 2.04. The molecule has 0 saturated carbocycles. The summed E-state index contributed by atoms with van der Waals surface area (Å²) in [6.45, 7) is 8.41. The second-order valence-corrected chi connectivity index (χ2v) is 5.89. The first kappa shape index (κ1) is 15.8. The fourth-order valence-corrected chi connectivity index (χ4v) is 2.51. The van der Waals surface area contributed by atoms with Gasteiger partial charge in [0.05, 0.1) is 12.6 Å². The number of hydrogen-bond donors (Lipinski definition) is 2. The minimum atomic E-state index is -0.0122. The first-order valence-electron chi connectivity index (χ1n) is 7.87. The van der Waals surface area contributed by atoms with Crippen molar-refractivity contribution in [3.05, 3.63) is 29.3 Å². The molecule has 116 valence electrons. The van der Waals surface area contributed by atoms with Crippen molar-refractivity contribution in [1.29, 1.82) is 0 Å². The molecule has 1 atom stereocenters. The smallest absolute Gasteiger partial charge is 0.251 e. The van der Waals surface area contributed by atoms with E-state index in [4.69, 9.17) is 4.74 Å². The van der Waals surface area contributed by atoms with Crippen molar-refractivity contribution in [3.8, 4) is 0 Å². The molecule has 0 spiro atoms. The summed E-state index contributed by atoms with van der Waals surface area (Å²) in [5, 5.41) is 6.45. The Hall–Kier alpha value is -1.55. The Bertz CT molecular complexity index is 486. The summed E-state index contributed by atoms with van der Waals surface area (Å²) in [4.78, 5) is 12.4. The highest BCUT2D eigenvalue weighted by Crippen LogP contribution is 2.23. The van der Waals surface area contributed by atoms with Crippen LogP contribution in [0.4, 0.5) is 5.69 Å². The third-order valence-electron chi connectivity index (χ3n) is 3.93. The molecule has 0 radical (unpaired) electrons. The number of carbonyl (C=O) groups is 1. The maximum Gasteiger partial charge on any atom is 0.251 e. The van der Waals surface area contributed by atoms with Crippen molar-refractivity contribution in [2.45, 2.75) is 39.7 Å². The summed E-state index contributed by atoms with van der Waals surface area (Å²) in [5.74, 6) is 0.335. The first-order chi connectivity index (χ1) is 10.1. The molecule has 4 nitrogen and oxygen atoms in total. The summed E-state index contributed by atoms with van der Waals surface area (Å²) in [5.41, 5.74) is 3.13. The summed E-state index contributed by atoms with van der Waals surface area (Å²) in [6, 6.07) is 5.96. The third kappa shape index (κ3) is 4.21. The molecule has 0 saturated heterocycles. The maximum atomic E-state index is 12.4. The molecule has 1 aromatic rings. The highest BCUT2D eigenvalue weighted by molar-refractivity contribution is 5.95. The van der Waals surface area contributed by atoms with Gasteiger partial charge < -0.3 is 15.4 Å². The number of carbonyl (C=O) groups excluding carboxylic acids is 1. The number of hydrogen-bond acceptors (Lipinski definition) is 3. The van der Waals surface area contributed by atoms with Crippen LogP contribution in [-0.2, 0) is 11.2 Å². The number of amides is 1. The molecule has 0 fully saturated rings. The van der Waals surface area contributed by atoms with E-state index in [1.165, 1.54) is 5.56 Å². The summed E-state index contributed by atoms with van der Waals surface area (Å²) < 4.78 is 5.46. The monoisotopic (exact) mass is 290 g/mol. The minimum Gasteiger partial charge on any atom is -0.385 e. The van der Waals surface area contributed by atoms with Gasteiger partial charge in [-0.1, -0.05) is 13.8 Å². The standard InChI is InChI=1S/C17H26N2O2/c1-4-21-11-16(12(2)3)19-17(20)14-7-8-15-13(10-14)6-5-9-18-15/h7-8,10,12,16,18H,4-6,9,11H2,1-3H3,(H,19,20). The number of aryl methyl sites for hydroxylation is 1. The van der Waals surface area contributed by atoms with Crippen LogP contribution in [0.25, 0.3) is 0 Å². The molecular weight excluding hydrogens is 264 g/mol. The number of benzene rings is 1. The number of anilines is 1. The average Bonchev–Trinajstić information content (AvgIpc) is 2.50. The number of rotatable bonds is 6. The van der Waals surface area contributed by atoms with Gasteiger partial charge in [-0.2, -0.15) is 0 Å². The van der Waals surface area contributed by atoms with Gasteiger partial charge in [0.1, 0.15) is 0 Å². The Morgan fingerprint density at radius 2 is 2.24 bits per heavy atom. The van der Waals surface area contributed by atoms with Crippen LogP contribution < -0.4 is 10.6 Å². The van der Waals surface area contributed by atoms with Crippen LogP contribution in [-0.4, -0.2) is 31.7 Å². The van der Waals surface area contributed by atoms with Crippen LogP contribution in [0.3, 0.4) is 0 Å². The van der Waals surface area contributed by atoms with Gasteiger partial charge in [0, 0.05) is 24.4 Å². The quantitative estimate of drug-likeness (QED) is 0.847. The van der Waals surface area contributed by atoms with Crippen molar-refractivity contribution in [3.63, 3.8) is 0 Å². The molecule has 1 aromatic carbocycles. The van der Waals surface area contributed by atoms with E-state index >= 15 is 0 Å². The molecule has 2 N–H and O–H groups in total. The van der Waals surface area contributed by atoms with E-state index < -0.39 is 0 Å². The van der Waals surface area contributed by atoms with Crippen molar-refractivity contribution in [1.82, 2.24) is 5.32 Å².